The molecule has 21 heavy (non-hydrogen) atoms. The summed E-state index contributed by atoms with van der Waals surface area (Å²) in [7, 11) is 0. The van der Waals surface area contributed by atoms with Crippen molar-refractivity contribution in [3.63, 3.8) is 0 Å². The highest BCUT2D eigenvalue weighted by Gasteiger charge is 2.14. The molecule has 2 rings (SSSR count). The summed E-state index contributed by atoms with van der Waals surface area (Å²) >= 11 is 1.27. The second kappa shape index (κ2) is 7.03. The number of aryl methyl sites for hydroxylation is 1. The van der Waals surface area contributed by atoms with E-state index >= 15 is 0 Å². The largest absolute Gasteiger partial charge is 0.370 e. The van der Waals surface area contributed by atoms with Gasteiger partial charge in [0.05, 0.1) is 9.82 Å². The van der Waals surface area contributed by atoms with Gasteiger partial charge in [-0.15, -0.1) is 0 Å². The zero-order chi connectivity index (χ0) is 15.2. The molecule has 1 N–H and O–H groups in total. The summed E-state index contributed by atoms with van der Waals surface area (Å²) in [5, 5.41) is 14.9. The highest BCUT2D eigenvalue weighted by Crippen LogP contribution is 2.34. The van der Waals surface area contributed by atoms with Gasteiger partial charge in [-0.05, 0) is 19.4 Å². The Hall–Kier alpha value is -2.15. The predicted octanol–water partition coefficient (Wildman–Crippen LogP) is 3.67. The van der Waals surface area contributed by atoms with Gasteiger partial charge in [-0.2, -0.15) is 0 Å². The Labute approximate surface area is 127 Å². The third-order valence-corrected chi connectivity index (χ3v) is 3.63. The van der Waals surface area contributed by atoms with Gasteiger partial charge in [0, 0.05) is 18.7 Å². The van der Waals surface area contributed by atoms with Crippen LogP contribution in [0.3, 0.4) is 0 Å². The van der Waals surface area contributed by atoms with Gasteiger partial charge < -0.3 is 5.32 Å². The monoisotopic (exact) mass is 304 g/mol. The Balaban J connectivity index is 2.27. The molecule has 0 bridgehead atoms. The minimum absolute atomic E-state index is 0.0850. The van der Waals surface area contributed by atoms with Crippen molar-refractivity contribution in [1.82, 2.24) is 9.97 Å². The number of rotatable bonds is 6. The maximum Gasteiger partial charge on any atom is 0.283 e. The van der Waals surface area contributed by atoms with Gasteiger partial charge >= 0.3 is 0 Å². The van der Waals surface area contributed by atoms with E-state index in [2.05, 4.69) is 22.2 Å². The summed E-state index contributed by atoms with van der Waals surface area (Å²) in [6.45, 7) is 4.71. The first kappa shape index (κ1) is 15.2. The number of nitrogens with zero attached hydrogens (tertiary/aromatic N) is 3. The van der Waals surface area contributed by atoms with Crippen LogP contribution >= 0.6 is 11.8 Å². The Bertz CT molecular complexity index is 649. The third kappa shape index (κ3) is 4.16. The molecule has 0 amide bonds. The number of para-hydroxylation sites is 1. The number of hydrogen-bond donors (Lipinski definition) is 1. The highest BCUT2D eigenvalue weighted by molar-refractivity contribution is 7.99. The molecule has 0 fully saturated rings. The van der Waals surface area contributed by atoms with Crippen LogP contribution in [0.15, 0.2) is 40.3 Å². The molecule has 0 atom stereocenters. The lowest BCUT2D eigenvalue weighted by Crippen LogP contribution is -2.04. The summed E-state index contributed by atoms with van der Waals surface area (Å²) in [4.78, 5) is 19.9. The summed E-state index contributed by atoms with van der Waals surface area (Å²) < 4.78 is 0. The Morgan fingerprint density at radius 1 is 1.33 bits per heavy atom. The van der Waals surface area contributed by atoms with Crippen LogP contribution in [0.4, 0.5) is 11.5 Å². The molecule has 1 heterocycles. The molecule has 7 heteroatoms. The lowest BCUT2D eigenvalue weighted by molar-refractivity contribution is -0.387. The van der Waals surface area contributed by atoms with Crippen LogP contribution in [-0.4, -0.2) is 21.4 Å². The number of hydrogen-bond acceptors (Lipinski definition) is 6. The normalized spacial score (nSPS) is 10.4. The van der Waals surface area contributed by atoms with Crippen LogP contribution in [-0.2, 0) is 0 Å². The molecule has 0 aliphatic rings. The fourth-order valence-corrected chi connectivity index (χ4v) is 2.71. The minimum atomic E-state index is -0.382. The summed E-state index contributed by atoms with van der Waals surface area (Å²) in [6, 6.07) is 8.46. The molecule has 0 aliphatic heterocycles. The number of aromatic nitrogens is 2. The molecule has 0 saturated heterocycles. The van der Waals surface area contributed by atoms with Crippen molar-refractivity contribution in [3.05, 3.63) is 46.3 Å². The number of benzene rings is 1. The van der Waals surface area contributed by atoms with Crippen molar-refractivity contribution in [2.75, 3.05) is 11.9 Å². The van der Waals surface area contributed by atoms with Crippen molar-refractivity contribution < 1.29 is 4.92 Å². The van der Waals surface area contributed by atoms with Crippen LogP contribution in [0.5, 0.6) is 0 Å². The van der Waals surface area contributed by atoms with Gasteiger partial charge in [0.2, 0.25) is 0 Å². The van der Waals surface area contributed by atoms with Crippen molar-refractivity contribution in [3.8, 4) is 0 Å². The lowest BCUT2D eigenvalue weighted by Gasteiger charge is -2.07. The average Bonchev–Trinajstić information content (AvgIpc) is 2.45. The Kier molecular flexibility index (Phi) is 5.10. The van der Waals surface area contributed by atoms with E-state index in [1.807, 2.05) is 6.07 Å². The summed E-state index contributed by atoms with van der Waals surface area (Å²) in [6.07, 6.45) is 0.996. The molecule has 6 nitrogen and oxygen atoms in total. The first-order chi connectivity index (χ1) is 10.1. The standard InChI is InChI=1S/C14H16N4O2S/c1-3-8-15-13-9-14(17-10(2)16-13)21-12-7-5-4-6-11(12)18(19)20/h4-7,9H,3,8H2,1-2H3,(H,15,16,17). The Morgan fingerprint density at radius 3 is 2.81 bits per heavy atom. The summed E-state index contributed by atoms with van der Waals surface area (Å²) in [5.74, 6) is 1.38. The molecule has 0 saturated carbocycles. The molecule has 110 valence electrons. The number of nitro groups is 1. The van der Waals surface area contributed by atoms with Crippen molar-refractivity contribution in [1.29, 1.82) is 0 Å². The molecule has 2 aromatic rings. The molecule has 1 aromatic carbocycles. The lowest BCUT2D eigenvalue weighted by atomic mass is 10.3. The minimum Gasteiger partial charge on any atom is -0.370 e. The fraction of sp³-hybridized carbons (Fsp3) is 0.286. The van der Waals surface area contributed by atoms with E-state index in [-0.39, 0.29) is 10.6 Å². The topological polar surface area (TPSA) is 81.0 Å². The van der Waals surface area contributed by atoms with E-state index in [0.29, 0.717) is 15.7 Å². The zero-order valence-electron chi connectivity index (χ0n) is 11.9. The maximum atomic E-state index is 11.0. The van der Waals surface area contributed by atoms with Crippen LogP contribution in [0.1, 0.15) is 19.2 Å². The molecule has 1 aromatic heterocycles. The second-order valence-electron chi connectivity index (χ2n) is 4.39. The van der Waals surface area contributed by atoms with Gasteiger partial charge in [-0.25, -0.2) is 9.97 Å². The van der Waals surface area contributed by atoms with E-state index in [4.69, 9.17) is 0 Å². The first-order valence-electron chi connectivity index (χ1n) is 6.61. The maximum absolute atomic E-state index is 11.0. The summed E-state index contributed by atoms with van der Waals surface area (Å²) in [5.41, 5.74) is 0.0850. The van der Waals surface area contributed by atoms with Gasteiger partial charge in [0.15, 0.2) is 0 Å². The van der Waals surface area contributed by atoms with E-state index in [1.54, 1.807) is 25.1 Å². The van der Waals surface area contributed by atoms with E-state index in [0.717, 1.165) is 18.8 Å². The predicted molar refractivity (Wildman–Crippen MR) is 82.8 cm³/mol. The van der Waals surface area contributed by atoms with Gasteiger partial charge in [0.25, 0.3) is 5.69 Å². The number of nitrogens with one attached hydrogen (secondary N) is 1. The SMILES string of the molecule is CCCNc1cc(Sc2ccccc2[N+](=O)[O-])nc(C)n1. The van der Waals surface area contributed by atoms with Crippen molar-refractivity contribution in [2.24, 2.45) is 0 Å². The number of nitro benzene ring substituents is 1. The van der Waals surface area contributed by atoms with Gasteiger partial charge in [-0.1, -0.05) is 30.8 Å². The van der Waals surface area contributed by atoms with Gasteiger partial charge in [-0.3, -0.25) is 10.1 Å². The molecule has 0 radical (unpaired) electrons. The quantitative estimate of drug-likeness (QED) is 0.498. The molecular formula is C14H16N4O2S. The van der Waals surface area contributed by atoms with Crippen LogP contribution in [0, 0.1) is 17.0 Å². The van der Waals surface area contributed by atoms with Crippen LogP contribution in [0.25, 0.3) is 0 Å². The average molecular weight is 304 g/mol. The Morgan fingerprint density at radius 2 is 2.10 bits per heavy atom. The fourth-order valence-electron chi connectivity index (χ4n) is 1.74. The molecule has 0 unspecified atom stereocenters. The van der Waals surface area contributed by atoms with E-state index in [1.165, 1.54) is 17.8 Å². The van der Waals surface area contributed by atoms with Crippen LogP contribution < -0.4 is 5.32 Å². The van der Waals surface area contributed by atoms with Crippen molar-refractivity contribution >= 4 is 23.3 Å². The zero-order valence-corrected chi connectivity index (χ0v) is 12.7. The number of anilines is 1. The molecule has 0 aliphatic carbocycles. The van der Waals surface area contributed by atoms with Crippen LogP contribution in [0.2, 0.25) is 0 Å². The third-order valence-electron chi connectivity index (χ3n) is 2.65. The molecular weight excluding hydrogens is 288 g/mol. The van der Waals surface area contributed by atoms with E-state index < -0.39 is 0 Å². The van der Waals surface area contributed by atoms with Crippen molar-refractivity contribution in [2.45, 2.75) is 30.2 Å². The highest BCUT2D eigenvalue weighted by atomic mass is 32.2. The van der Waals surface area contributed by atoms with Gasteiger partial charge in [0.1, 0.15) is 16.7 Å². The van der Waals surface area contributed by atoms with E-state index in [9.17, 15) is 10.1 Å². The smallest absolute Gasteiger partial charge is 0.283 e. The first-order valence-corrected chi connectivity index (χ1v) is 7.42. The second-order valence-corrected chi connectivity index (χ2v) is 5.45. The molecule has 0 spiro atoms.